The van der Waals surface area contributed by atoms with Crippen LogP contribution in [0.4, 0.5) is 0 Å². The van der Waals surface area contributed by atoms with Gasteiger partial charge in [-0.15, -0.1) is 0 Å². The minimum atomic E-state index is -0.793. The van der Waals surface area contributed by atoms with Gasteiger partial charge in [0.25, 0.3) is 0 Å². The Morgan fingerprint density at radius 3 is 2.59 bits per heavy atom. The standard InChI is InChI=1S/C12H20N2O3/c13-9-3-1-2-8(6-9)10(15)14-7-12(4-5-12)11(16)17/h8-9H,1-7,13H2,(H,14,15)(H,16,17). The summed E-state index contributed by atoms with van der Waals surface area (Å²) in [5, 5.41) is 11.8. The molecule has 0 radical (unpaired) electrons. The lowest BCUT2D eigenvalue weighted by molar-refractivity contribution is -0.143. The number of carbonyl (C=O) groups excluding carboxylic acids is 1. The van der Waals surface area contributed by atoms with E-state index in [0.717, 1.165) is 25.7 Å². The molecule has 2 fully saturated rings. The molecule has 5 heteroatoms. The molecule has 0 spiro atoms. The number of hydrogen-bond acceptors (Lipinski definition) is 3. The summed E-state index contributed by atoms with van der Waals surface area (Å²) in [6.45, 7) is 0.271. The van der Waals surface area contributed by atoms with Crippen LogP contribution >= 0.6 is 0 Å². The van der Waals surface area contributed by atoms with E-state index in [4.69, 9.17) is 10.8 Å². The molecule has 1 amide bonds. The molecule has 0 aromatic carbocycles. The smallest absolute Gasteiger partial charge is 0.311 e. The van der Waals surface area contributed by atoms with Crippen molar-refractivity contribution in [3.8, 4) is 0 Å². The predicted octanol–water partition coefficient (Wildman–Crippen LogP) is 0.485. The first-order chi connectivity index (χ1) is 8.03. The number of aliphatic carboxylic acids is 1. The second-order valence-electron chi connectivity index (χ2n) is 5.43. The second-order valence-corrected chi connectivity index (χ2v) is 5.43. The van der Waals surface area contributed by atoms with Crippen molar-refractivity contribution in [2.45, 2.75) is 44.6 Å². The summed E-state index contributed by atoms with van der Waals surface area (Å²) >= 11 is 0. The largest absolute Gasteiger partial charge is 0.481 e. The van der Waals surface area contributed by atoms with Gasteiger partial charge in [-0.2, -0.15) is 0 Å². The summed E-state index contributed by atoms with van der Waals surface area (Å²) in [6.07, 6.45) is 4.93. The van der Waals surface area contributed by atoms with E-state index < -0.39 is 11.4 Å². The van der Waals surface area contributed by atoms with Gasteiger partial charge in [-0.3, -0.25) is 9.59 Å². The summed E-state index contributed by atoms with van der Waals surface area (Å²) in [5.74, 6) is -0.839. The molecular weight excluding hydrogens is 220 g/mol. The van der Waals surface area contributed by atoms with Crippen molar-refractivity contribution in [1.82, 2.24) is 5.32 Å². The third-order valence-corrected chi connectivity index (χ3v) is 3.99. The summed E-state index contributed by atoms with van der Waals surface area (Å²) in [4.78, 5) is 22.8. The van der Waals surface area contributed by atoms with Gasteiger partial charge in [0.1, 0.15) is 0 Å². The molecule has 0 aromatic rings. The Morgan fingerprint density at radius 1 is 1.35 bits per heavy atom. The summed E-state index contributed by atoms with van der Waals surface area (Å²) in [6, 6.07) is 0.119. The van der Waals surface area contributed by atoms with Gasteiger partial charge in [-0.25, -0.2) is 0 Å². The van der Waals surface area contributed by atoms with Gasteiger partial charge in [0.05, 0.1) is 5.41 Å². The molecule has 2 unspecified atom stereocenters. The fourth-order valence-corrected chi connectivity index (χ4v) is 2.48. The van der Waals surface area contributed by atoms with E-state index in [9.17, 15) is 9.59 Å². The fraction of sp³-hybridized carbons (Fsp3) is 0.833. The molecule has 0 aromatic heterocycles. The molecule has 17 heavy (non-hydrogen) atoms. The number of carbonyl (C=O) groups is 2. The van der Waals surface area contributed by atoms with Crippen LogP contribution in [0.3, 0.4) is 0 Å². The van der Waals surface area contributed by atoms with Crippen LogP contribution in [-0.2, 0) is 9.59 Å². The first-order valence-corrected chi connectivity index (χ1v) is 6.30. The zero-order valence-corrected chi connectivity index (χ0v) is 9.95. The molecule has 2 rings (SSSR count). The Balaban J connectivity index is 1.79. The van der Waals surface area contributed by atoms with Crippen molar-refractivity contribution in [2.24, 2.45) is 17.1 Å². The highest BCUT2D eigenvalue weighted by atomic mass is 16.4. The van der Waals surface area contributed by atoms with Crippen LogP contribution in [0.5, 0.6) is 0 Å². The Labute approximate surface area is 101 Å². The monoisotopic (exact) mass is 240 g/mol. The van der Waals surface area contributed by atoms with E-state index in [1.165, 1.54) is 0 Å². The first kappa shape index (κ1) is 12.4. The van der Waals surface area contributed by atoms with E-state index in [1.807, 2.05) is 0 Å². The molecule has 0 aliphatic heterocycles. The lowest BCUT2D eigenvalue weighted by atomic mass is 9.85. The van der Waals surface area contributed by atoms with Crippen molar-refractivity contribution in [3.63, 3.8) is 0 Å². The highest BCUT2D eigenvalue weighted by Gasteiger charge is 2.50. The Hall–Kier alpha value is -1.10. The van der Waals surface area contributed by atoms with E-state index >= 15 is 0 Å². The topological polar surface area (TPSA) is 92.4 Å². The lowest BCUT2D eigenvalue weighted by Crippen LogP contribution is -2.41. The average molecular weight is 240 g/mol. The fourth-order valence-electron chi connectivity index (χ4n) is 2.48. The molecule has 5 nitrogen and oxygen atoms in total. The molecule has 2 aliphatic rings. The number of carboxylic acid groups (broad SMARTS) is 1. The van der Waals surface area contributed by atoms with Crippen LogP contribution in [0, 0.1) is 11.3 Å². The quantitative estimate of drug-likeness (QED) is 0.666. The third kappa shape index (κ3) is 2.77. The van der Waals surface area contributed by atoms with Crippen molar-refractivity contribution in [2.75, 3.05) is 6.54 Å². The van der Waals surface area contributed by atoms with Crippen molar-refractivity contribution in [1.29, 1.82) is 0 Å². The molecule has 4 N–H and O–H groups in total. The lowest BCUT2D eigenvalue weighted by Gasteiger charge is -2.26. The van der Waals surface area contributed by atoms with Crippen LogP contribution in [0.2, 0.25) is 0 Å². The second kappa shape index (κ2) is 4.64. The van der Waals surface area contributed by atoms with Crippen LogP contribution in [0.1, 0.15) is 38.5 Å². The highest BCUT2D eigenvalue weighted by Crippen LogP contribution is 2.45. The number of nitrogens with two attached hydrogens (primary N) is 1. The molecular formula is C12H20N2O3. The van der Waals surface area contributed by atoms with Gasteiger partial charge < -0.3 is 16.2 Å². The van der Waals surface area contributed by atoms with Crippen LogP contribution < -0.4 is 11.1 Å². The van der Waals surface area contributed by atoms with Crippen molar-refractivity contribution < 1.29 is 14.7 Å². The van der Waals surface area contributed by atoms with Crippen LogP contribution in [0.15, 0.2) is 0 Å². The molecule has 0 saturated heterocycles. The maximum absolute atomic E-state index is 11.9. The number of hydrogen-bond donors (Lipinski definition) is 3. The van der Waals surface area contributed by atoms with Crippen molar-refractivity contribution in [3.05, 3.63) is 0 Å². The van der Waals surface area contributed by atoms with Crippen LogP contribution in [-0.4, -0.2) is 29.6 Å². The SMILES string of the molecule is NC1CCCC(C(=O)NCC2(C(=O)O)CC2)C1. The molecule has 2 aliphatic carbocycles. The maximum atomic E-state index is 11.9. The van der Waals surface area contributed by atoms with Gasteiger partial charge >= 0.3 is 5.97 Å². The summed E-state index contributed by atoms with van der Waals surface area (Å²) in [5.41, 5.74) is 5.16. The third-order valence-electron chi connectivity index (χ3n) is 3.99. The van der Waals surface area contributed by atoms with E-state index in [0.29, 0.717) is 12.8 Å². The number of rotatable bonds is 4. The summed E-state index contributed by atoms with van der Waals surface area (Å²) < 4.78 is 0. The van der Waals surface area contributed by atoms with Gasteiger partial charge in [0.2, 0.25) is 5.91 Å². The van der Waals surface area contributed by atoms with E-state index in [2.05, 4.69) is 5.32 Å². The number of nitrogens with one attached hydrogen (secondary N) is 1. The Kier molecular flexibility index (Phi) is 3.38. The zero-order valence-electron chi connectivity index (χ0n) is 9.95. The van der Waals surface area contributed by atoms with Gasteiger partial charge in [0.15, 0.2) is 0 Å². The zero-order chi connectivity index (χ0) is 12.5. The van der Waals surface area contributed by atoms with Gasteiger partial charge in [-0.1, -0.05) is 6.42 Å². The molecule has 0 heterocycles. The number of amides is 1. The highest BCUT2D eigenvalue weighted by molar-refractivity contribution is 5.82. The Morgan fingerprint density at radius 2 is 2.06 bits per heavy atom. The van der Waals surface area contributed by atoms with E-state index in [1.54, 1.807) is 0 Å². The molecule has 2 saturated carbocycles. The van der Waals surface area contributed by atoms with Gasteiger partial charge in [0, 0.05) is 18.5 Å². The molecule has 0 bridgehead atoms. The average Bonchev–Trinajstić information content (AvgIpc) is 3.07. The molecule has 2 atom stereocenters. The van der Waals surface area contributed by atoms with Crippen molar-refractivity contribution >= 4 is 11.9 Å². The van der Waals surface area contributed by atoms with Gasteiger partial charge in [-0.05, 0) is 32.1 Å². The first-order valence-electron chi connectivity index (χ1n) is 6.30. The normalized spacial score (nSPS) is 30.6. The minimum Gasteiger partial charge on any atom is -0.481 e. The Bertz CT molecular complexity index is 326. The van der Waals surface area contributed by atoms with Crippen LogP contribution in [0.25, 0.3) is 0 Å². The molecule has 96 valence electrons. The maximum Gasteiger partial charge on any atom is 0.311 e. The summed E-state index contributed by atoms with van der Waals surface area (Å²) in [7, 11) is 0. The van der Waals surface area contributed by atoms with E-state index in [-0.39, 0.29) is 24.4 Å². The predicted molar refractivity (Wildman–Crippen MR) is 62.2 cm³/mol. The number of carboxylic acids is 1. The minimum absolute atomic E-state index is 0.0207.